The summed E-state index contributed by atoms with van der Waals surface area (Å²) in [6, 6.07) is 8.25. The van der Waals surface area contributed by atoms with Crippen LogP contribution < -0.4 is 4.90 Å². The number of hydrogen-bond donors (Lipinski definition) is 1. The number of nitrogens with zero attached hydrogens (tertiary/aromatic N) is 1. The molecule has 1 heterocycles. The molecule has 38 heavy (non-hydrogen) atoms. The van der Waals surface area contributed by atoms with Crippen LogP contribution in [0.15, 0.2) is 48.6 Å². The van der Waals surface area contributed by atoms with Crippen molar-refractivity contribution < 1.29 is 24.2 Å². The number of allylic oxidation sites excluding steroid dienone is 2. The molecule has 3 rings (SSSR count). The Morgan fingerprint density at radius 1 is 1.13 bits per heavy atom. The van der Waals surface area contributed by atoms with Gasteiger partial charge in [0.05, 0.1) is 12.2 Å². The number of aryl methyl sites for hydroxylation is 1. The van der Waals surface area contributed by atoms with E-state index in [1.54, 1.807) is 6.08 Å². The Morgan fingerprint density at radius 2 is 1.87 bits per heavy atom. The van der Waals surface area contributed by atoms with E-state index >= 15 is 0 Å². The van der Waals surface area contributed by atoms with Crippen molar-refractivity contribution in [3.63, 3.8) is 0 Å². The van der Waals surface area contributed by atoms with Crippen molar-refractivity contribution in [2.24, 2.45) is 11.8 Å². The number of halogens is 2. The first-order valence-corrected chi connectivity index (χ1v) is 14.8. The minimum atomic E-state index is -0.591. The predicted molar refractivity (Wildman–Crippen MR) is 153 cm³/mol. The van der Waals surface area contributed by atoms with Crippen molar-refractivity contribution in [1.82, 2.24) is 0 Å². The van der Waals surface area contributed by atoms with Crippen LogP contribution in [0.1, 0.15) is 57.4 Å². The van der Waals surface area contributed by atoms with Crippen LogP contribution in [0.4, 0.5) is 5.69 Å². The molecule has 1 aliphatic carbocycles. The number of benzene rings is 1. The van der Waals surface area contributed by atoms with Gasteiger partial charge >= 0.3 is 11.9 Å². The van der Waals surface area contributed by atoms with Crippen molar-refractivity contribution in [1.29, 1.82) is 0 Å². The van der Waals surface area contributed by atoms with Crippen molar-refractivity contribution in [3.05, 3.63) is 54.1 Å². The molecule has 1 aliphatic heterocycles. The second-order valence-electron chi connectivity index (χ2n) is 10.3. The zero-order chi connectivity index (χ0) is 27.3. The summed E-state index contributed by atoms with van der Waals surface area (Å²) in [6.07, 6.45) is 11.5. The average molecular weight is 567 g/mol. The van der Waals surface area contributed by atoms with E-state index in [0.717, 1.165) is 50.0 Å². The van der Waals surface area contributed by atoms with Crippen molar-refractivity contribution in [2.75, 3.05) is 29.7 Å². The molecule has 6 nitrogen and oxygen atoms in total. The van der Waals surface area contributed by atoms with E-state index in [2.05, 4.69) is 41.3 Å². The molecular weight excluding hydrogens is 525 g/mol. The SMILES string of the molecule is C[C@H]1CCC/C=C/[C@@H]2C[C@H](O)C[C@H]2[C@H](OC(=O)CCCc2ccc(N(CCCl)CCCl)cc2)/C=C/C(=O)O1. The molecule has 0 amide bonds. The van der Waals surface area contributed by atoms with E-state index in [9.17, 15) is 14.7 Å². The number of cyclic esters (lactones) is 1. The van der Waals surface area contributed by atoms with Gasteiger partial charge in [-0.05, 0) is 81.6 Å². The average Bonchev–Trinajstić information content (AvgIpc) is 3.26. The molecule has 1 saturated carbocycles. The fourth-order valence-corrected chi connectivity index (χ4v) is 5.71. The molecule has 5 atom stereocenters. The Morgan fingerprint density at radius 3 is 2.58 bits per heavy atom. The molecule has 0 aromatic heterocycles. The van der Waals surface area contributed by atoms with Crippen LogP contribution in [0.25, 0.3) is 0 Å². The van der Waals surface area contributed by atoms with E-state index in [1.165, 1.54) is 6.08 Å². The van der Waals surface area contributed by atoms with Crippen LogP contribution >= 0.6 is 23.2 Å². The standard InChI is InChI=1S/C30H41Cl2NO5/c1-22-6-3-2-4-8-24-20-26(34)21-27(24)28(14-15-30(36)37-22)38-29(35)9-5-7-23-10-12-25(13-11-23)33(18-16-31)19-17-32/h4,8,10-15,22,24,26-28,34H,2-3,5-7,9,16-21H2,1H3/b8-4+,15-14+/t22-,24+,26-,27+,28+/m0/s1. The molecule has 1 aromatic rings. The monoisotopic (exact) mass is 565 g/mol. The summed E-state index contributed by atoms with van der Waals surface area (Å²) in [5.41, 5.74) is 2.22. The fourth-order valence-electron chi connectivity index (χ4n) is 5.30. The van der Waals surface area contributed by atoms with Crippen LogP contribution in [0, 0.1) is 11.8 Å². The van der Waals surface area contributed by atoms with Gasteiger partial charge in [-0.3, -0.25) is 4.79 Å². The molecule has 2 aliphatic rings. The number of aliphatic hydroxyl groups is 1. The van der Waals surface area contributed by atoms with Gasteiger partial charge in [-0.15, -0.1) is 23.2 Å². The third-order valence-electron chi connectivity index (χ3n) is 7.29. The summed E-state index contributed by atoms with van der Waals surface area (Å²) in [7, 11) is 0. The summed E-state index contributed by atoms with van der Waals surface area (Å²) >= 11 is 11.8. The van der Waals surface area contributed by atoms with Crippen LogP contribution in [0.3, 0.4) is 0 Å². The fraction of sp³-hybridized carbons (Fsp3) is 0.600. The second kappa shape index (κ2) is 16.2. The number of aliphatic hydroxyl groups excluding tert-OH is 1. The van der Waals surface area contributed by atoms with Gasteiger partial charge in [-0.2, -0.15) is 0 Å². The molecule has 8 heteroatoms. The van der Waals surface area contributed by atoms with Gasteiger partial charge in [-0.25, -0.2) is 4.79 Å². The van der Waals surface area contributed by atoms with Gasteiger partial charge in [0, 0.05) is 49.0 Å². The lowest BCUT2D eigenvalue weighted by Crippen LogP contribution is -2.28. The Bertz CT molecular complexity index is 929. The first kappa shape index (κ1) is 30.5. The van der Waals surface area contributed by atoms with E-state index in [1.807, 2.05) is 6.92 Å². The Hall–Kier alpha value is -2.02. The number of rotatable bonds is 10. The molecule has 0 radical (unpaired) electrons. The van der Waals surface area contributed by atoms with Gasteiger partial charge in [0.2, 0.25) is 0 Å². The van der Waals surface area contributed by atoms with Crippen LogP contribution in [-0.2, 0) is 25.5 Å². The minimum absolute atomic E-state index is 0.0797. The third-order valence-corrected chi connectivity index (χ3v) is 7.63. The van der Waals surface area contributed by atoms with E-state index in [-0.39, 0.29) is 30.3 Å². The molecule has 210 valence electrons. The number of anilines is 1. The third kappa shape index (κ3) is 9.94. The van der Waals surface area contributed by atoms with Gasteiger partial charge in [0.15, 0.2) is 0 Å². The molecule has 0 bridgehead atoms. The number of ether oxygens (including phenoxy) is 2. The van der Waals surface area contributed by atoms with Crippen LogP contribution in [0.5, 0.6) is 0 Å². The highest BCUT2D eigenvalue weighted by molar-refractivity contribution is 6.18. The van der Waals surface area contributed by atoms with Gasteiger partial charge < -0.3 is 19.5 Å². The number of carbonyl (C=O) groups is 2. The smallest absolute Gasteiger partial charge is 0.330 e. The van der Waals surface area contributed by atoms with Gasteiger partial charge in [-0.1, -0.05) is 24.3 Å². The molecule has 0 spiro atoms. The maximum atomic E-state index is 12.8. The summed E-state index contributed by atoms with van der Waals surface area (Å²) in [5.74, 6) is 0.352. The second-order valence-corrected chi connectivity index (χ2v) is 11.0. The molecule has 1 fully saturated rings. The Kier molecular flexibility index (Phi) is 13.0. The number of esters is 2. The van der Waals surface area contributed by atoms with Crippen molar-refractivity contribution in [3.8, 4) is 0 Å². The first-order chi connectivity index (χ1) is 18.4. The summed E-state index contributed by atoms with van der Waals surface area (Å²) in [4.78, 5) is 27.3. The lowest BCUT2D eigenvalue weighted by atomic mass is 9.89. The highest BCUT2D eigenvalue weighted by Crippen LogP contribution is 2.37. The van der Waals surface area contributed by atoms with Crippen molar-refractivity contribution >= 4 is 40.8 Å². The minimum Gasteiger partial charge on any atom is -0.460 e. The topological polar surface area (TPSA) is 76.1 Å². The molecular formula is C30H41Cl2NO5. The van der Waals surface area contributed by atoms with E-state index in [0.29, 0.717) is 31.0 Å². The zero-order valence-corrected chi connectivity index (χ0v) is 23.8. The van der Waals surface area contributed by atoms with Crippen molar-refractivity contribution in [2.45, 2.75) is 76.6 Å². The lowest BCUT2D eigenvalue weighted by Gasteiger charge is -2.25. The lowest BCUT2D eigenvalue weighted by molar-refractivity contribution is -0.150. The highest BCUT2D eigenvalue weighted by atomic mass is 35.5. The summed E-state index contributed by atoms with van der Waals surface area (Å²) in [5, 5.41) is 10.4. The molecule has 0 saturated heterocycles. The van der Waals surface area contributed by atoms with Gasteiger partial charge in [0.1, 0.15) is 6.10 Å². The number of alkyl halides is 2. The van der Waals surface area contributed by atoms with Crippen LogP contribution in [0.2, 0.25) is 0 Å². The zero-order valence-electron chi connectivity index (χ0n) is 22.3. The normalized spacial score (nSPS) is 27.7. The van der Waals surface area contributed by atoms with Crippen LogP contribution in [-0.4, -0.2) is 60.2 Å². The number of hydrogen-bond acceptors (Lipinski definition) is 6. The Balaban J connectivity index is 1.59. The quantitative estimate of drug-likeness (QED) is 0.219. The first-order valence-electron chi connectivity index (χ1n) is 13.8. The number of fused-ring (bicyclic) bond motifs is 1. The molecule has 1 N–H and O–H groups in total. The van der Waals surface area contributed by atoms with Gasteiger partial charge in [0.25, 0.3) is 0 Å². The summed E-state index contributed by atoms with van der Waals surface area (Å²) < 4.78 is 11.4. The maximum Gasteiger partial charge on any atom is 0.330 e. The number of carbonyl (C=O) groups excluding carboxylic acids is 2. The largest absolute Gasteiger partial charge is 0.460 e. The predicted octanol–water partition coefficient (Wildman–Crippen LogP) is 5.82. The molecule has 1 aromatic carbocycles. The maximum absolute atomic E-state index is 12.8. The van der Waals surface area contributed by atoms with E-state index < -0.39 is 18.2 Å². The molecule has 0 unspecified atom stereocenters. The summed E-state index contributed by atoms with van der Waals surface area (Å²) in [6.45, 7) is 3.36. The van der Waals surface area contributed by atoms with E-state index in [4.69, 9.17) is 32.7 Å². The highest BCUT2D eigenvalue weighted by Gasteiger charge is 2.38. The Labute approximate surface area is 237 Å².